The van der Waals surface area contributed by atoms with Gasteiger partial charge in [-0.25, -0.2) is 4.39 Å². The van der Waals surface area contributed by atoms with E-state index in [1.807, 2.05) is 11.9 Å². The average Bonchev–Trinajstić information content (AvgIpc) is 3.52. The van der Waals surface area contributed by atoms with E-state index in [-0.39, 0.29) is 29.4 Å². The lowest BCUT2D eigenvalue weighted by atomic mass is 10.1. The zero-order valence-corrected chi connectivity index (χ0v) is 17.8. The number of nitrogens with zero attached hydrogens (tertiary/aromatic N) is 4. The first-order chi connectivity index (χ1) is 15.0. The smallest absolute Gasteiger partial charge is 0.254 e. The Morgan fingerprint density at radius 3 is 2.68 bits per heavy atom. The Bertz CT molecular complexity index is 1080. The van der Waals surface area contributed by atoms with E-state index in [0.29, 0.717) is 23.0 Å². The molecule has 2 amide bonds. The number of aromatic nitrogens is 3. The van der Waals surface area contributed by atoms with Crippen LogP contribution in [0.2, 0.25) is 0 Å². The van der Waals surface area contributed by atoms with Crippen LogP contribution in [0.1, 0.15) is 28.8 Å². The van der Waals surface area contributed by atoms with E-state index in [4.69, 9.17) is 0 Å². The molecule has 2 aromatic carbocycles. The van der Waals surface area contributed by atoms with Crippen LogP contribution in [0.4, 0.5) is 10.1 Å². The Kier molecular flexibility index (Phi) is 6.31. The minimum atomic E-state index is -0.297. The number of amides is 2. The van der Waals surface area contributed by atoms with Crippen molar-refractivity contribution in [2.24, 2.45) is 7.05 Å². The fraction of sp³-hybridized carbons (Fsp3) is 0.273. The van der Waals surface area contributed by atoms with Crippen molar-refractivity contribution in [3.8, 4) is 0 Å². The van der Waals surface area contributed by atoms with Gasteiger partial charge in [-0.15, -0.1) is 10.2 Å². The van der Waals surface area contributed by atoms with Crippen LogP contribution in [0.5, 0.6) is 0 Å². The molecule has 1 aromatic heterocycles. The molecule has 4 rings (SSSR count). The third kappa shape index (κ3) is 5.49. The molecule has 1 fully saturated rings. The van der Waals surface area contributed by atoms with Gasteiger partial charge in [0.2, 0.25) is 5.91 Å². The van der Waals surface area contributed by atoms with Crippen molar-refractivity contribution in [1.82, 2.24) is 19.7 Å². The Morgan fingerprint density at radius 2 is 2.00 bits per heavy atom. The number of rotatable bonds is 8. The molecular formula is C22H22FN5O2S. The highest BCUT2D eigenvalue weighted by molar-refractivity contribution is 7.99. The molecule has 1 saturated carbocycles. The topological polar surface area (TPSA) is 80.1 Å². The summed E-state index contributed by atoms with van der Waals surface area (Å²) in [5.41, 5.74) is 1.95. The summed E-state index contributed by atoms with van der Waals surface area (Å²) >= 11 is 1.29. The van der Waals surface area contributed by atoms with Crippen LogP contribution < -0.4 is 5.32 Å². The number of hydrogen-bond donors (Lipinski definition) is 1. The van der Waals surface area contributed by atoms with Gasteiger partial charge in [-0.1, -0.05) is 30.0 Å². The molecule has 0 aliphatic heterocycles. The van der Waals surface area contributed by atoms with Gasteiger partial charge >= 0.3 is 0 Å². The van der Waals surface area contributed by atoms with Gasteiger partial charge in [0.15, 0.2) is 5.16 Å². The number of thioether (sulfide) groups is 1. The van der Waals surface area contributed by atoms with Crippen LogP contribution in [-0.4, -0.2) is 43.3 Å². The summed E-state index contributed by atoms with van der Waals surface area (Å²) in [6, 6.07) is 13.3. The van der Waals surface area contributed by atoms with Crippen LogP contribution in [0.25, 0.3) is 0 Å². The maximum Gasteiger partial charge on any atom is 0.254 e. The molecule has 1 aliphatic carbocycles. The van der Waals surface area contributed by atoms with Crippen molar-refractivity contribution in [2.75, 3.05) is 11.1 Å². The fourth-order valence-electron chi connectivity index (χ4n) is 3.17. The number of benzene rings is 2. The lowest BCUT2D eigenvalue weighted by molar-refractivity contribution is -0.113. The lowest BCUT2D eigenvalue weighted by Gasteiger charge is -2.23. The predicted molar refractivity (Wildman–Crippen MR) is 116 cm³/mol. The molecule has 0 atom stereocenters. The second-order valence-corrected chi connectivity index (χ2v) is 8.38. The zero-order valence-electron chi connectivity index (χ0n) is 17.0. The Hall–Kier alpha value is -3.20. The fourth-order valence-corrected chi connectivity index (χ4v) is 3.85. The third-order valence-corrected chi connectivity index (χ3v) is 5.94. The van der Waals surface area contributed by atoms with Gasteiger partial charge in [0.1, 0.15) is 12.1 Å². The van der Waals surface area contributed by atoms with Gasteiger partial charge in [0.25, 0.3) is 5.91 Å². The first kappa shape index (κ1) is 21.0. The number of carbonyl (C=O) groups is 2. The first-order valence-corrected chi connectivity index (χ1v) is 10.9. The minimum Gasteiger partial charge on any atom is -0.331 e. The van der Waals surface area contributed by atoms with Crippen LogP contribution in [0.15, 0.2) is 60.0 Å². The van der Waals surface area contributed by atoms with Crippen LogP contribution >= 0.6 is 11.8 Å². The minimum absolute atomic E-state index is 0.101. The highest BCUT2D eigenvalue weighted by Crippen LogP contribution is 2.30. The van der Waals surface area contributed by atoms with Gasteiger partial charge in [-0.3, -0.25) is 9.59 Å². The highest BCUT2D eigenvalue weighted by atomic mass is 32.2. The molecule has 1 heterocycles. The van der Waals surface area contributed by atoms with E-state index in [1.165, 1.54) is 23.9 Å². The quantitative estimate of drug-likeness (QED) is 0.544. The molecule has 0 unspecified atom stereocenters. The van der Waals surface area contributed by atoms with Crippen molar-refractivity contribution in [2.45, 2.75) is 30.6 Å². The summed E-state index contributed by atoms with van der Waals surface area (Å²) in [5, 5.41) is 11.2. The Morgan fingerprint density at radius 1 is 1.23 bits per heavy atom. The number of aryl methyl sites for hydroxylation is 1. The summed E-state index contributed by atoms with van der Waals surface area (Å²) in [7, 11) is 1.81. The van der Waals surface area contributed by atoms with Crippen molar-refractivity contribution in [3.63, 3.8) is 0 Å². The molecule has 0 saturated heterocycles. The van der Waals surface area contributed by atoms with Gasteiger partial charge in [-0.2, -0.15) is 0 Å². The normalized spacial score (nSPS) is 13.1. The number of anilines is 1. The molecule has 3 aromatic rings. The van der Waals surface area contributed by atoms with E-state index in [0.717, 1.165) is 18.4 Å². The predicted octanol–water partition coefficient (Wildman–Crippen LogP) is 3.49. The zero-order chi connectivity index (χ0) is 21.8. The molecule has 31 heavy (non-hydrogen) atoms. The molecule has 0 spiro atoms. The standard InChI is InChI=1S/C22H22FN5O2S/c1-27-14-24-26-22(27)31-13-20(29)25-18-4-2-3-16(11-18)21(30)28(19-9-10-19)12-15-5-7-17(23)8-6-15/h2-8,11,14,19H,9-10,12-13H2,1H3,(H,25,29). The number of halogens is 1. The average molecular weight is 440 g/mol. The first-order valence-electron chi connectivity index (χ1n) is 9.92. The Labute approximate surface area is 183 Å². The van der Waals surface area contributed by atoms with Crippen molar-refractivity contribution in [3.05, 3.63) is 71.8 Å². The largest absolute Gasteiger partial charge is 0.331 e. The van der Waals surface area contributed by atoms with Crippen molar-refractivity contribution >= 4 is 29.3 Å². The Balaban J connectivity index is 1.41. The van der Waals surface area contributed by atoms with Gasteiger partial charge < -0.3 is 14.8 Å². The van der Waals surface area contributed by atoms with E-state index in [9.17, 15) is 14.0 Å². The molecule has 7 nitrogen and oxygen atoms in total. The number of nitrogens with one attached hydrogen (secondary N) is 1. The third-order valence-electron chi connectivity index (χ3n) is 4.91. The molecule has 1 N–H and O–H groups in total. The number of carbonyl (C=O) groups excluding carboxylic acids is 2. The maximum absolute atomic E-state index is 13.2. The molecular weight excluding hydrogens is 417 g/mol. The van der Waals surface area contributed by atoms with Crippen molar-refractivity contribution < 1.29 is 14.0 Å². The molecule has 0 radical (unpaired) electrons. The summed E-state index contributed by atoms with van der Waals surface area (Å²) < 4.78 is 14.9. The lowest BCUT2D eigenvalue weighted by Crippen LogP contribution is -2.32. The molecule has 1 aliphatic rings. The number of hydrogen-bond acceptors (Lipinski definition) is 5. The van der Waals surface area contributed by atoms with Gasteiger partial charge in [-0.05, 0) is 48.7 Å². The second kappa shape index (κ2) is 9.30. The van der Waals surface area contributed by atoms with Gasteiger partial charge in [0.05, 0.1) is 5.75 Å². The van der Waals surface area contributed by atoms with Crippen LogP contribution in [-0.2, 0) is 18.4 Å². The van der Waals surface area contributed by atoms with E-state index in [1.54, 1.807) is 47.3 Å². The van der Waals surface area contributed by atoms with Gasteiger partial charge in [0, 0.05) is 30.9 Å². The molecule has 9 heteroatoms. The van der Waals surface area contributed by atoms with Crippen LogP contribution in [0, 0.1) is 5.82 Å². The maximum atomic E-state index is 13.2. The molecule has 0 bridgehead atoms. The highest BCUT2D eigenvalue weighted by Gasteiger charge is 2.33. The summed E-state index contributed by atoms with van der Waals surface area (Å²) in [6.07, 6.45) is 3.50. The monoisotopic (exact) mass is 439 g/mol. The second-order valence-electron chi connectivity index (χ2n) is 7.43. The van der Waals surface area contributed by atoms with E-state index >= 15 is 0 Å². The van der Waals surface area contributed by atoms with Crippen LogP contribution in [0.3, 0.4) is 0 Å². The molecule has 160 valence electrons. The summed E-state index contributed by atoms with van der Waals surface area (Å²) in [5.74, 6) is -0.406. The van der Waals surface area contributed by atoms with Crippen molar-refractivity contribution in [1.29, 1.82) is 0 Å². The van der Waals surface area contributed by atoms with E-state index in [2.05, 4.69) is 15.5 Å². The van der Waals surface area contributed by atoms with E-state index < -0.39 is 0 Å². The SMILES string of the molecule is Cn1cnnc1SCC(=O)Nc1cccc(C(=O)N(Cc2ccc(F)cc2)C2CC2)c1. The summed E-state index contributed by atoms with van der Waals surface area (Å²) in [4.78, 5) is 27.3. The summed E-state index contributed by atoms with van der Waals surface area (Å²) in [6.45, 7) is 0.425.